The minimum absolute atomic E-state index is 0.681. The van der Waals surface area contributed by atoms with Gasteiger partial charge in [-0.3, -0.25) is 9.80 Å². The van der Waals surface area contributed by atoms with Gasteiger partial charge in [0.2, 0.25) is 0 Å². The number of nitriles is 1. The van der Waals surface area contributed by atoms with Crippen LogP contribution in [0.2, 0.25) is 0 Å². The Balaban J connectivity index is 2.01. The quantitative estimate of drug-likeness (QED) is 0.831. The van der Waals surface area contributed by atoms with E-state index in [1.165, 1.54) is 0 Å². The summed E-state index contributed by atoms with van der Waals surface area (Å²) in [6.45, 7) is 5.83. The molecule has 3 rings (SSSR count). The Labute approximate surface area is 125 Å². The van der Waals surface area contributed by atoms with E-state index in [4.69, 9.17) is 9.47 Å². The number of nitrogens with zero attached hydrogens (tertiary/aromatic N) is 3. The second-order valence-corrected chi connectivity index (χ2v) is 5.35. The van der Waals surface area contributed by atoms with Crippen LogP contribution in [0.5, 0.6) is 0 Å². The molecule has 2 fully saturated rings. The van der Waals surface area contributed by atoms with Gasteiger partial charge in [-0.05, 0) is 0 Å². The summed E-state index contributed by atoms with van der Waals surface area (Å²) in [6, 6.07) is 12.7. The second kappa shape index (κ2) is 6.54. The second-order valence-electron chi connectivity index (χ2n) is 5.35. The molecule has 1 aromatic carbocycles. The molecule has 0 atom stereocenters. The average molecular weight is 287 g/mol. The maximum absolute atomic E-state index is 10.1. The van der Waals surface area contributed by atoms with Gasteiger partial charge in [0.1, 0.15) is 6.07 Å². The van der Waals surface area contributed by atoms with Gasteiger partial charge in [-0.25, -0.2) is 0 Å². The van der Waals surface area contributed by atoms with Gasteiger partial charge in [-0.15, -0.1) is 0 Å². The van der Waals surface area contributed by atoms with Crippen LogP contribution < -0.4 is 0 Å². The molecule has 2 aliphatic rings. The number of ether oxygens (including phenoxy) is 2. The van der Waals surface area contributed by atoms with Crippen LogP contribution in [0.15, 0.2) is 30.3 Å². The van der Waals surface area contributed by atoms with Crippen molar-refractivity contribution in [3.05, 3.63) is 35.9 Å². The Morgan fingerprint density at radius 3 is 1.76 bits per heavy atom. The van der Waals surface area contributed by atoms with Crippen molar-refractivity contribution >= 4 is 0 Å². The Morgan fingerprint density at radius 2 is 1.33 bits per heavy atom. The molecular weight excluding hydrogens is 266 g/mol. The van der Waals surface area contributed by atoms with Crippen LogP contribution in [0, 0.1) is 11.3 Å². The first-order chi connectivity index (χ1) is 10.4. The van der Waals surface area contributed by atoms with Gasteiger partial charge in [0, 0.05) is 31.7 Å². The topological polar surface area (TPSA) is 48.7 Å². The molecule has 0 saturated carbocycles. The van der Waals surface area contributed by atoms with Gasteiger partial charge in [0.05, 0.1) is 26.4 Å². The van der Waals surface area contributed by atoms with Crippen molar-refractivity contribution in [2.24, 2.45) is 0 Å². The molecule has 0 spiro atoms. The molecule has 2 heterocycles. The molecule has 0 aromatic heterocycles. The van der Waals surface area contributed by atoms with Crippen molar-refractivity contribution < 1.29 is 9.47 Å². The lowest BCUT2D eigenvalue weighted by molar-refractivity contribution is -0.104. The van der Waals surface area contributed by atoms with E-state index >= 15 is 0 Å². The molecule has 21 heavy (non-hydrogen) atoms. The molecule has 0 aliphatic carbocycles. The first-order valence-corrected chi connectivity index (χ1v) is 7.50. The smallest absolute Gasteiger partial charge is 0.190 e. The lowest BCUT2D eigenvalue weighted by Gasteiger charge is -2.48. The van der Waals surface area contributed by atoms with Crippen LogP contribution in [0.1, 0.15) is 5.56 Å². The minimum Gasteiger partial charge on any atom is -0.379 e. The summed E-state index contributed by atoms with van der Waals surface area (Å²) in [5.41, 5.74) is 0.325. The first-order valence-electron chi connectivity index (χ1n) is 7.50. The largest absolute Gasteiger partial charge is 0.379 e. The molecule has 0 unspecified atom stereocenters. The molecule has 112 valence electrons. The molecule has 0 amide bonds. The zero-order valence-electron chi connectivity index (χ0n) is 12.2. The summed E-state index contributed by atoms with van der Waals surface area (Å²) < 4.78 is 10.9. The van der Waals surface area contributed by atoms with E-state index in [9.17, 15) is 5.26 Å². The van der Waals surface area contributed by atoms with E-state index in [0.717, 1.165) is 31.7 Å². The highest BCUT2D eigenvalue weighted by atomic mass is 16.5. The highest BCUT2D eigenvalue weighted by Crippen LogP contribution is 2.33. The monoisotopic (exact) mass is 287 g/mol. The summed E-state index contributed by atoms with van der Waals surface area (Å²) >= 11 is 0. The van der Waals surface area contributed by atoms with Crippen LogP contribution in [0.25, 0.3) is 0 Å². The minimum atomic E-state index is -0.713. The van der Waals surface area contributed by atoms with Crippen LogP contribution >= 0.6 is 0 Å². The molecule has 1 aromatic rings. The fourth-order valence-corrected chi connectivity index (χ4v) is 3.22. The number of rotatable bonds is 3. The molecule has 5 heteroatoms. The summed E-state index contributed by atoms with van der Waals surface area (Å²) in [4.78, 5) is 4.49. The number of hydrogen-bond donors (Lipinski definition) is 0. The SMILES string of the molecule is N#CC(c1ccccc1)(N1CCOCC1)N1CCOCC1. The number of hydrogen-bond acceptors (Lipinski definition) is 5. The third-order valence-corrected chi connectivity index (χ3v) is 4.27. The number of benzene rings is 1. The van der Waals surface area contributed by atoms with Crippen molar-refractivity contribution in [2.45, 2.75) is 5.66 Å². The van der Waals surface area contributed by atoms with E-state index in [1.54, 1.807) is 0 Å². The Hall–Kier alpha value is -1.45. The maximum atomic E-state index is 10.1. The normalized spacial score (nSPS) is 21.9. The van der Waals surface area contributed by atoms with E-state index < -0.39 is 5.66 Å². The van der Waals surface area contributed by atoms with Crippen LogP contribution in [0.3, 0.4) is 0 Å². The fraction of sp³-hybridized carbons (Fsp3) is 0.562. The molecule has 0 bridgehead atoms. The van der Waals surface area contributed by atoms with Crippen molar-refractivity contribution in [3.63, 3.8) is 0 Å². The predicted molar refractivity (Wildman–Crippen MR) is 78.5 cm³/mol. The van der Waals surface area contributed by atoms with Crippen molar-refractivity contribution in [1.29, 1.82) is 5.26 Å². The summed E-state index contributed by atoms with van der Waals surface area (Å²) in [7, 11) is 0. The van der Waals surface area contributed by atoms with Gasteiger partial charge < -0.3 is 9.47 Å². The van der Waals surface area contributed by atoms with Gasteiger partial charge in [-0.1, -0.05) is 30.3 Å². The third kappa shape index (κ3) is 2.68. The molecular formula is C16H21N3O2. The maximum Gasteiger partial charge on any atom is 0.190 e. The van der Waals surface area contributed by atoms with Crippen molar-refractivity contribution in [2.75, 3.05) is 52.6 Å². The van der Waals surface area contributed by atoms with Crippen molar-refractivity contribution in [1.82, 2.24) is 9.80 Å². The van der Waals surface area contributed by atoms with Gasteiger partial charge >= 0.3 is 0 Å². The van der Waals surface area contributed by atoms with E-state index in [0.29, 0.717) is 26.4 Å². The van der Waals surface area contributed by atoms with Crippen LogP contribution in [-0.4, -0.2) is 62.4 Å². The van der Waals surface area contributed by atoms with Crippen LogP contribution in [0.4, 0.5) is 0 Å². The predicted octanol–water partition coefficient (Wildman–Crippen LogP) is 1.03. The Morgan fingerprint density at radius 1 is 0.857 bits per heavy atom. The average Bonchev–Trinajstić information content (AvgIpc) is 2.59. The zero-order valence-corrected chi connectivity index (χ0v) is 12.2. The lowest BCUT2D eigenvalue weighted by Crippen LogP contribution is -2.62. The lowest BCUT2D eigenvalue weighted by atomic mass is 9.95. The van der Waals surface area contributed by atoms with Gasteiger partial charge in [-0.2, -0.15) is 5.26 Å². The molecule has 0 N–H and O–H groups in total. The van der Waals surface area contributed by atoms with Gasteiger partial charge in [0.25, 0.3) is 0 Å². The summed E-state index contributed by atoms with van der Waals surface area (Å²) in [6.07, 6.45) is 0. The Bertz CT molecular complexity index is 470. The fourth-order valence-electron chi connectivity index (χ4n) is 3.22. The third-order valence-electron chi connectivity index (χ3n) is 4.27. The zero-order chi connectivity index (χ0) is 14.5. The van der Waals surface area contributed by atoms with Crippen molar-refractivity contribution in [3.8, 4) is 6.07 Å². The molecule has 0 radical (unpaired) electrons. The molecule has 2 saturated heterocycles. The van der Waals surface area contributed by atoms with E-state index in [1.807, 2.05) is 30.3 Å². The molecule has 2 aliphatic heterocycles. The Kier molecular flexibility index (Phi) is 4.51. The van der Waals surface area contributed by atoms with E-state index in [2.05, 4.69) is 15.9 Å². The summed E-state index contributed by atoms with van der Waals surface area (Å²) in [5.74, 6) is 0. The summed E-state index contributed by atoms with van der Waals surface area (Å²) in [5, 5.41) is 10.1. The van der Waals surface area contributed by atoms with Crippen LogP contribution in [-0.2, 0) is 15.1 Å². The van der Waals surface area contributed by atoms with E-state index in [-0.39, 0.29) is 0 Å². The highest BCUT2D eigenvalue weighted by Gasteiger charge is 2.45. The first kappa shape index (κ1) is 14.5. The molecule has 5 nitrogen and oxygen atoms in total. The highest BCUT2D eigenvalue weighted by molar-refractivity contribution is 5.31. The number of morpholine rings is 2. The standard InChI is InChI=1S/C16H21N3O2/c17-14-16(15-4-2-1-3-5-15,18-6-10-20-11-7-18)19-8-12-21-13-9-19/h1-5H,6-13H2. The van der Waals surface area contributed by atoms with Gasteiger partial charge in [0.15, 0.2) is 5.66 Å².